The van der Waals surface area contributed by atoms with E-state index in [1.165, 1.54) is 5.56 Å². The minimum Gasteiger partial charge on any atom is -0.359 e. The van der Waals surface area contributed by atoms with E-state index in [9.17, 15) is 0 Å². The number of aryl methyl sites for hydroxylation is 1. The van der Waals surface area contributed by atoms with Crippen molar-refractivity contribution < 1.29 is 4.74 Å². The fourth-order valence-electron chi connectivity index (χ4n) is 3.34. The molecule has 0 aliphatic rings. The number of ether oxygens (including phenoxy) is 1. The lowest BCUT2D eigenvalue weighted by molar-refractivity contribution is -0.000381. The summed E-state index contributed by atoms with van der Waals surface area (Å²) >= 11 is 6.71. The molecular formula is C25H28ClNO. The van der Waals surface area contributed by atoms with E-state index in [0.717, 1.165) is 16.7 Å². The first kappa shape index (κ1) is 20.6. The molecule has 0 fully saturated rings. The number of rotatable bonds is 7. The molecule has 28 heavy (non-hydrogen) atoms. The van der Waals surface area contributed by atoms with Crippen LogP contribution in [0.25, 0.3) is 0 Å². The molecule has 2 nitrogen and oxygen atoms in total. The number of nitrogens with two attached hydrogens (primary N) is 1. The van der Waals surface area contributed by atoms with Crippen LogP contribution in [0.15, 0.2) is 78.9 Å². The van der Waals surface area contributed by atoms with Crippen LogP contribution in [0.3, 0.4) is 0 Å². The number of hydrogen-bond donors (Lipinski definition) is 1. The van der Waals surface area contributed by atoms with Crippen molar-refractivity contribution in [2.45, 2.75) is 32.4 Å². The van der Waals surface area contributed by atoms with E-state index >= 15 is 0 Å². The molecular weight excluding hydrogens is 366 g/mol. The maximum atomic E-state index is 6.72. The lowest BCUT2D eigenvalue weighted by atomic mass is 9.79. The van der Waals surface area contributed by atoms with Crippen molar-refractivity contribution in [3.05, 3.63) is 106 Å². The third kappa shape index (κ3) is 4.15. The molecule has 0 bridgehead atoms. The average molecular weight is 394 g/mol. The highest BCUT2D eigenvalue weighted by molar-refractivity contribution is 6.31. The fourth-order valence-corrected chi connectivity index (χ4v) is 3.61. The van der Waals surface area contributed by atoms with Gasteiger partial charge in [-0.3, -0.25) is 0 Å². The van der Waals surface area contributed by atoms with Gasteiger partial charge in [0.05, 0.1) is 6.61 Å². The molecule has 146 valence electrons. The predicted molar refractivity (Wildman–Crippen MR) is 118 cm³/mol. The van der Waals surface area contributed by atoms with Crippen LogP contribution in [0.2, 0.25) is 5.02 Å². The molecule has 0 spiro atoms. The highest BCUT2D eigenvalue weighted by atomic mass is 35.5. The normalized spacial score (nSPS) is 14.6. The molecule has 3 rings (SSSR count). The first-order valence-electron chi connectivity index (χ1n) is 9.72. The molecule has 3 aromatic rings. The second-order valence-corrected chi connectivity index (χ2v) is 8.02. The van der Waals surface area contributed by atoms with Crippen LogP contribution in [0.1, 0.15) is 36.1 Å². The van der Waals surface area contributed by atoms with Gasteiger partial charge in [-0.05, 0) is 30.0 Å². The smallest absolute Gasteiger partial charge is 0.145 e. The van der Waals surface area contributed by atoms with Crippen molar-refractivity contribution in [1.29, 1.82) is 0 Å². The molecule has 0 aliphatic heterocycles. The molecule has 1 unspecified atom stereocenters. The highest BCUT2D eigenvalue weighted by Crippen LogP contribution is 2.43. The third-order valence-electron chi connectivity index (χ3n) is 5.24. The van der Waals surface area contributed by atoms with E-state index in [0.29, 0.717) is 17.5 Å². The van der Waals surface area contributed by atoms with Gasteiger partial charge < -0.3 is 10.5 Å². The standard InChI is InChI=1S/C25H28ClNO/c1-18(2)24(27)17-28-25(20-9-5-4-6-10-20,21-15-13-19(3)14-16-21)22-11-7-8-12-23(22)26/h4-16,18,24H,17,27H2,1-3H3/t24-,25?/m1/s1. The zero-order valence-electron chi connectivity index (χ0n) is 16.7. The summed E-state index contributed by atoms with van der Waals surface area (Å²) in [4.78, 5) is 0. The van der Waals surface area contributed by atoms with Gasteiger partial charge in [0.15, 0.2) is 0 Å². The van der Waals surface area contributed by atoms with Gasteiger partial charge in [0.1, 0.15) is 5.60 Å². The van der Waals surface area contributed by atoms with Crippen LogP contribution < -0.4 is 5.73 Å². The minimum atomic E-state index is -0.834. The quantitative estimate of drug-likeness (QED) is 0.504. The van der Waals surface area contributed by atoms with Crippen molar-refractivity contribution in [2.24, 2.45) is 11.7 Å². The molecule has 3 heteroatoms. The molecule has 3 aromatic carbocycles. The van der Waals surface area contributed by atoms with Gasteiger partial charge in [-0.1, -0.05) is 104 Å². The Morgan fingerprint density at radius 1 is 0.857 bits per heavy atom. The minimum absolute atomic E-state index is 0.0731. The van der Waals surface area contributed by atoms with Crippen molar-refractivity contribution in [2.75, 3.05) is 6.61 Å². The predicted octanol–water partition coefficient (Wildman–Crippen LogP) is 5.94. The Morgan fingerprint density at radius 3 is 2.04 bits per heavy atom. The first-order chi connectivity index (χ1) is 13.4. The van der Waals surface area contributed by atoms with E-state index in [4.69, 9.17) is 22.1 Å². The molecule has 2 atom stereocenters. The molecule has 0 radical (unpaired) electrons. The molecule has 0 amide bonds. The second-order valence-electron chi connectivity index (χ2n) is 7.61. The van der Waals surface area contributed by atoms with Gasteiger partial charge in [0, 0.05) is 16.6 Å². The lowest BCUT2D eigenvalue weighted by Gasteiger charge is -2.37. The van der Waals surface area contributed by atoms with Gasteiger partial charge in [0.25, 0.3) is 0 Å². The zero-order chi connectivity index (χ0) is 20.1. The van der Waals surface area contributed by atoms with E-state index in [1.807, 2.05) is 42.5 Å². The van der Waals surface area contributed by atoms with Crippen LogP contribution in [-0.4, -0.2) is 12.6 Å². The SMILES string of the molecule is Cc1ccc(C(OC[C@@H](N)C(C)C)(c2ccccc2)c2ccccc2Cl)cc1. The highest BCUT2D eigenvalue weighted by Gasteiger charge is 2.39. The lowest BCUT2D eigenvalue weighted by Crippen LogP contribution is -2.40. The van der Waals surface area contributed by atoms with Crippen LogP contribution >= 0.6 is 11.6 Å². The maximum absolute atomic E-state index is 6.72. The van der Waals surface area contributed by atoms with Gasteiger partial charge in [0.2, 0.25) is 0 Å². The Kier molecular flexibility index (Phi) is 6.56. The largest absolute Gasteiger partial charge is 0.359 e. The third-order valence-corrected chi connectivity index (χ3v) is 5.57. The summed E-state index contributed by atoms with van der Waals surface area (Å²) in [7, 11) is 0. The summed E-state index contributed by atoms with van der Waals surface area (Å²) in [5, 5.41) is 0.671. The van der Waals surface area contributed by atoms with Gasteiger partial charge in [-0.2, -0.15) is 0 Å². The van der Waals surface area contributed by atoms with Crippen molar-refractivity contribution in [3.63, 3.8) is 0 Å². The fraction of sp³-hybridized carbons (Fsp3) is 0.280. The summed E-state index contributed by atoms with van der Waals surface area (Å²) in [6.45, 7) is 6.73. The van der Waals surface area contributed by atoms with E-state index in [-0.39, 0.29) is 6.04 Å². The Balaban J connectivity index is 2.25. The molecule has 0 heterocycles. The van der Waals surface area contributed by atoms with Crippen LogP contribution in [0.4, 0.5) is 0 Å². The van der Waals surface area contributed by atoms with Crippen molar-refractivity contribution in [1.82, 2.24) is 0 Å². The van der Waals surface area contributed by atoms with Crippen molar-refractivity contribution >= 4 is 11.6 Å². The van der Waals surface area contributed by atoms with Gasteiger partial charge in [-0.25, -0.2) is 0 Å². The maximum Gasteiger partial charge on any atom is 0.145 e. The van der Waals surface area contributed by atoms with E-state index in [2.05, 4.69) is 57.2 Å². The zero-order valence-corrected chi connectivity index (χ0v) is 17.5. The summed E-state index contributed by atoms with van der Waals surface area (Å²) in [5.74, 6) is 0.317. The van der Waals surface area contributed by atoms with E-state index < -0.39 is 5.60 Å². The average Bonchev–Trinajstić information content (AvgIpc) is 2.71. The monoisotopic (exact) mass is 393 g/mol. The van der Waals surface area contributed by atoms with Gasteiger partial charge in [-0.15, -0.1) is 0 Å². The van der Waals surface area contributed by atoms with Crippen LogP contribution in [0, 0.1) is 12.8 Å². The summed E-state index contributed by atoms with van der Waals surface area (Å²) in [6.07, 6.45) is 0. The molecule has 0 saturated heterocycles. The Hall–Kier alpha value is -2.13. The molecule has 0 aromatic heterocycles. The Bertz CT molecular complexity index is 892. The first-order valence-corrected chi connectivity index (χ1v) is 10.1. The second kappa shape index (κ2) is 8.91. The van der Waals surface area contributed by atoms with E-state index in [1.54, 1.807) is 0 Å². The molecule has 0 aliphatic carbocycles. The number of benzene rings is 3. The summed E-state index contributed by atoms with van der Waals surface area (Å²) < 4.78 is 6.72. The Morgan fingerprint density at radius 2 is 1.43 bits per heavy atom. The van der Waals surface area contributed by atoms with Crippen LogP contribution in [-0.2, 0) is 10.3 Å². The summed E-state index contributed by atoms with van der Waals surface area (Å²) in [6, 6.07) is 26.5. The topological polar surface area (TPSA) is 35.2 Å². The van der Waals surface area contributed by atoms with Crippen LogP contribution in [0.5, 0.6) is 0 Å². The van der Waals surface area contributed by atoms with Crippen molar-refractivity contribution in [3.8, 4) is 0 Å². The number of hydrogen-bond acceptors (Lipinski definition) is 2. The summed E-state index contributed by atoms with van der Waals surface area (Å²) in [5.41, 5.74) is 9.71. The molecule has 2 N–H and O–H groups in total. The molecule has 0 saturated carbocycles. The van der Waals surface area contributed by atoms with Gasteiger partial charge >= 0.3 is 0 Å². The Labute approximate surface area is 173 Å². The number of halogens is 1.